The van der Waals surface area contributed by atoms with E-state index in [1.807, 2.05) is 24.5 Å². The van der Waals surface area contributed by atoms with Crippen LogP contribution in [0.3, 0.4) is 0 Å². The van der Waals surface area contributed by atoms with E-state index >= 15 is 0 Å². The number of rotatable bonds is 0. The lowest BCUT2D eigenvalue weighted by atomic mass is 9.96. The van der Waals surface area contributed by atoms with Crippen molar-refractivity contribution in [2.45, 2.75) is 12.8 Å². The predicted molar refractivity (Wildman–Crippen MR) is 122 cm³/mol. The molecule has 0 bridgehead atoms. The standard InChI is InChI=1S/C27H16N4/c1-2-6-18-15(5-1)13-16-9-10-17-14-20-26(23(17)22(16)18)31-21-8-4-12-29-25(21)24-19(27(31)30-20)7-3-11-28-24/h1-12H,13-14H2. The second-order valence-corrected chi connectivity index (χ2v) is 8.48. The molecule has 4 heteroatoms. The molecule has 0 radical (unpaired) electrons. The van der Waals surface area contributed by atoms with Gasteiger partial charge in [0.1, 0.15) is 16.7 Å². The van der Waals surface area contributed by atoms with E-state index in [-0.39, 0.29) is 0 Å². The number of pyridine rings is 3. The Hall–Kier alpha value is -4.05. The van der Waals surface area contributed by atoms with E-state index in [0.717, 1.165) is 46.1 Å². The van der Waals surface area contributed by atoms with Crippen molar-refractivity contribution in [2.24, 2.45) is 0 Å². The maximum atomic E-state index is 5.16. The van der Waals surface area contributed by atoms with Crippen LogP contribution >= 0.6 is 0 Å². The predicted octanol–water partition coefficient (Wildman–Crippen LogP) is 5.57. The van der Waals surface area contributed by atoms with Gasteiger partial charge in [-0.2, -0.15) is 0 Å². The quantitative estimate of drug-likeness (QED) is 0.315. The molecule has 4 aromatic heterocycles. The zero-order valence-electron chi connectivity index (χ0n) is 16.6. The summed E-state index contributed by atoms with van der Waals surface area (Å²) in [6.45, 7) is 0. The maximum absolute atomic E-state index is 5.16. The maximum Gasteiger partial charge on any atom is 0.147 e. The van der Waals surface area contributed by atoms with Crippen LogP contribution in [0.5, 0.6) is 0 Å². The molecule has 0 amide bonds. The number of nitrogens with zero attached hydrogens (tertiary/aromatic N) is 4. The highest BCUT2D eigenvalue weighted by Crippen LogP contribution is 2.49. The third kappa shape index (κ3) is 1.84. The zero-order valence-corrected chi connectivity index (χ0v) is 16.6. The lowest BCUT2D eigenvalue weighted by molar-refractivity contribution is 1.16. The third-order valence-electron chi connectivity index (χ3n) is 6.89. The fourth-order valence-corrected chi connectivity index (χ4v) is 5.66. The summed E-state index contributed by atoms with van der Waals surface area (Å²) in [6, 6.07) is 21.7. The van der Waals surface area contributed by atoms with Gasteiger partial charge in [-0.05, 0) is 58.5 Å². The molecular weight excluding hydrogens is 380 g/mol. The molecule has 0 unspecified atom stereocenters. The monoisotopic (exact) mass is 396 g/mol. The van der Waals surface area contributed by atoms with E-state index < -0.39 is 0 Å². The van der Waals surface area contributed by atoms with Gasteiger partial charge in [-0.3, -0.25) is 14.4 Å². The van der Waals surface area contributed by atoms with Crippen LogP contribution in [0.1, 0.15) is 22.4 Å². The minimum Gasteiger partial charge on any atom is -0.290 e. The summed E-state index contributed by atoms with van der Waals surface area (Å²) in [5.74, 6) is 0. The van der Waals surface area contributed by atoms with Crippen molar-refractivity contribution >= 4 is 27.6 Å². The number of imidazole rings is 1. The van der Waals surface area contributed by atoms with Crippen molar-refractivity contribution < 1.29 is 0 Å². The average Bonchev–Trinajstić information content (AvgIpc) is 3.48. The van der Waals surface area contributed by atoms with Crippen LogP contribution < -0.4 is 0 Å². The van der Waals surface area contributed by atoms with E-state index in [0.29, 0.717) is 0 Å². The number of hydrogen-bond donors (Lipinski definition) is 0. The Morgan fingerprint density at radius 1 is 0.677 bits per heavy atom. The van der Waals surface area contributed by atoms with Gasteiger partial charge in [0, 0.05) is 29.8 Å². The molecule has 4 heterocycles. The Kier molecular flexibility index (Phi) is 2.72. The Labute approximate surface area is 177 Å². The first-order valence-corrected chi connectivity index (χ1v) is 10.6. The molecule has 0 aliphatic heterocycles. The van der Waals surface area contributed by atoms with E-state index in [1.54, 1.807) is 0 Å². The second kappa shape index (κ2) is 5.35. The molecule has 2 aliphatic carbocycles. The van der Waals surface area contributed by atoms with Gasteiger partial charge in [0.05, 0.1) is 16.9 Å². The summed E-state index contributed by atoms with van der Waals surface area (Å²) >= 11 is 0. The van der Waals surface area contributed by atoms with Crippen molar-refractivity contribution in [3.8, 4) is 22.4 Å². The number of fused-ring (bicyclic) bond motifs is 14. The summed E-state index contributed by atoms with van der Waals surface area (Å²) in [4.78, 5) is 14.5. The van der Waals surface area contributed by atoms with Gasteiger partial charge in [0.25, 0.3) is 0 Å². The van der Waals surface area contributed by atoms with E-state index in [1.165, 1.54) is 39.1 Å². The van der Waals surface area contributed by atoms with Gasteiger partial charge < -0.3 is 0 Å². The molecule has 0 saturated heterocycles. The number of aromatic nitrogens is 4. The summed E-state index contributed by atoms with van der Waals surface area (Å²) in [7, 11) is 0. The van der Waals surface area contributed by atoms with Crippen LogP contribution in [0.2, 0.25) is 0 Å². The van der Waals surface area contributed by atoms with Crippen molar-refractivity contribution in [1.29, 1.82) is 0 Å². The molecule has 0 fully saturated rings. The normalized spacial score (nSPS) is 13.5. The number of benzene rings is 2. The molecule has 6 aromatic rings. The molecule has 2 aliphatic rings. The topological polar surface area (TPSA) is 43.1 Å². The van der Waals surface area contributed by atoms with Crippen LogP contribution in [0.4, 0.5) is 0 Å². The number of hydrogen-bond acceptors (Lipinski definition) is 3. The minimum absolute atomic E-state index is 0.866. The first kappa shape index (κ1) is 15.7. The van der Waals surface area contributed by atoms with Gasteiger partial charge in [-0.15, -0.1) is 0 Å². The minimum atomic E-state index is 0.866. The lowest BCUT2D eigenvalue weighted by Gasteiger charge is -2.13. The summed E-state index contributed by atoms with van der Waals surface area (Å²) < 4.78 is 2.33. The van der Waals surface area contributed by atoms with Crippen LogP contribution in [-0.2, 0) is 12.8 Å². The van der Waals surface area contributed by atoms with Gasteiger partial charge in [-0.25, -0.2) is 4.98 Å². The average molecular weight is 396 g/mol. The Bertz CT molecular complexity index is 1740. The first-order valence-electron chi connectivity index (χ1n) is 10.6. The molecule has 2 aromatic carbocycles. The first-order chi connectivity index (χ1) is 15.4. The van der Waals surface area contributed by atoms with E-state index in [4.69, 9.17) is 9.97 Å². The largest absolute Gasteiger partial charge is 0.290 e. The highest BCUT2D eigenvalue weighted by Gasteiger charge is 2.33. The third-order valence-corrected chi connectivity index (χ3v) is 6.89. The van der Waals surface area contributed by atoms with Crippen LogP contribution in [0.15, 0.2) is 73.1 Å². The smallest absolute Gasteiger partial charge is 0.147 e. The Morgan fingerprint density at radius 2 is 1.48 bits per heavy atom. The summed E-state index contributed by atoms with van der Waals surface area (Å²) in [5.41, 5.74) is 14.5. The van der Waals surface area contributed by atoms with Crippen LogP contribution in [-0.4, -0.2) is 19.4 Å². The molecule has 0 saturated carbocycles. The van der Waals surface area contributed by atoms with Crippen molar-refractivity contribution in [3.63, 3.8) is 0 Å². The van der Waals surface area contributed by atoms with Crippen LogP contribution in [0.25, 0.3) is 50.0 Å². The molecule has 0 spiro atoms. The molecule has 4 nitrogen and oxygen atoms in total. The highest BCUT2D eigenvalue weighted by molar-refractivity contribution is 6.09. The van der Waals surface area contributed by atoms with Gasteiger partial charge >= 0.3 is 0 Å². The molecule has 144 valence electrons. The lowest BCUT2D eigenvalue weighted by Crippen LogP contribution is -1.97. The fourth-order valence-electron chi connectivity index (χ4n) is 5.66. The Morgan fingerprint density at radius 3 is 2.42 bits per heavy atom. The second-order valence-electron chi connectivity index (χ2n) is 8.48. The molecule has 8 rings (SSSR count). The van der Waals surface area contributed by atoms with Crippen LogP contribution in [0, 0.1) is 0 Å². The zero-order chi connectivity index (χ0) is 20.1. The van der Waals surface area contributed by atoms with Crippen molar-refractivity contribution in [2.75, 3.05) is 0 Å². The fraction of sp³-hybridized carbons (Fsp3) is 0.0741. The highest BCUT2D eigenvalue weighted by atomic mass is 15.1. The van der Waals surface area contributed by atoms with Gasteiger partial charge in [0.2, 0.25) is 0 Å². The SMILES string of the molecule is c1ccc2c(c1)Cc1ccc3c(c1-2)-c1c(nc2c4cccnc4c4ncccc4n12)C3. The van der Waals surface area contributed by atoms with Crippen molar-refractivity contribution in [3.05, 3.63) is 95.4 Å². The summed E-state index contributed by atoms with van der Waals surface area (Å²) in [6.07, 6.45) is 5.55. The van der Waals surface area contributed by atoms with Crippen molar-refractivity contribution in [1.82, 2.24) is 19.4 Å². The molecule has 0 atom stereocenters. The molecular formula is C27H16N4. The van der Waals surface area contributed by atoms with Gasteiger partial charge in [0.15, 0.2) is 0 Å². The van der Waals surface area contributed by atoms with E-state index in [9.17, 15) is 0 Å². The van der Waals surface area contributed by atoms with Gasteiger partial charge in [-0.1, -0.05) is 36.4 Å². The molecule has 31 heavy (non-hydrogen) atoms. The Balaban J connectivity index is 1.59. The summed E-state index contributed by atoms with van der Waals surface area (Å²) in [5, 5.41) is 1.05. The molecule has 0 N–H and O–H groups in total. The van der Waals surface area contributed by atoms with E-state index in [2.05, 4.69) is 57.9 Å².